The Kier molecular flexibility index (Phi) is 4.17. The zero-order valence-electron chi connectivity index (χ0n) is 9.16. The number of hydrogen-bond acceptors (Lipinski definition) is 3. The summed E-state index contributed by atoms with van der Waals surface area (Å²) in [5.41, 5.74) is 0.649. The van der Waals surface area contributed by atoms with Gasteiger partial charge < -0.3 is 10.6 Å². The Morgan fingerprint density at radius 1 is 1.35 bits per heavy atom. The fraction of sp³-hybridized carbons (Fsp3) is 0.455. The molecular weight excluding hydrogens is 304 g/mol. The molecule has 1 heterocycles. The number of hydrogen-bond donors (Lipinski definition) is 2. The number of rotatable bonds is 5. The third-order valence-electron chi connectivity index (χ3n) is 2.49. The minimum absolute atomic E-state index is 0.104. The third-order valence-corrected chi connectivity index (χ3v) is 3.99. The van der Waals surface area contributed by atoms with Gasteiger partial charge in [0.25, 0.3) is 5.91 Å². The molecule has 1 aromatic heterocycles. The zero-order valence-corrected chi connectivity index (χ0v) is 11.6. The van der Waals surface area contributed by atoms with E-state index >= 15 is 0 Å². The lowest BCUT2D eigenvalue weighted by atomic mass is 10.3. The summed E-state index contributed by atoms with van der Waals surface area (Å²) < 4.78 is 0.935. The molecule has 2 amide bonds. The van der Waals surface area contributed by atoms with Crippen LogP contribution < -0.4 is 10.6 Å². The van der Waals surface area contributed by atoms with E-state index in [1.54, 1.807) is 11.4 Å². The highest BCUT2D eigenvalue weighted by Crippen LogP contribution is 2.28. The summed E-state index contributed by atoms with van der Waals surface area (Å²) in [5.74, 6) is 0.226. The van der Waals surface area contributed by atoms with Crippen molar-refractivity contribution in [3.63, 3.8) is 0 Å². The van der Waals surface area contributed by atoms with Gasteiger partial charge in [-0.2, -0.15) is 0 Å². The molecule has 1 aliphatic carbocycles. The quantitative estimate of drug-likeness (QED) is 0.813. The van der Waals surface area contributed by atoms with Crippen molar-refractivity contribution in [3.05, 3.63) is 20.8 Å². The van der Waals surface area contributed by atoms with Crippen LogP contribution >= 0.6 is 27.3 Å². The fourth-order valence-electron chi connectivity index (χ4n) is 1.38. The molecule has 0 bridgehead atoms. The molecule has 0 saturated heterocycles. The van der Waals surface area contributed by atoms with Crippen LogP contribution in [-0.4, -0.2) is 24.9 Å². The van der Waals surface area contributed by atoms with E-state index in [0.717, 1.165) is 16.6 Å². The van der Waals surface area contributed by atoms with Crippen molar-refractivity contribution < 1.29 is 9.59 Å². The highest BCUT2D eigenvalue weighted by Gasteiger charge is 2.28. The summed E-state index contributed by atoms with van der Waals surface area (Å²) in [4.78, 5) is 22.9. The average Bonchev–Trinajstić information content (AvgIpc) is 3.07. The van der Waals surface area contributed by atoms with Crippen molar-refractivity contribution in [1.29, 1.82) is 0 Å². The number of nitrogens with one attached hydrogen (secondary N) is 2. The maximum absolute atomic E-state index is 11.6. The first kappa shape index (κ1) is 12.6. The van der Waals surface area contributed by atoms with Gasteiger partial charge in [0.2, 0.25) is 5.91 Å². The fourth-order valence-corrected chi connectivity index (χ4v) is 2.52. The molecule has 6 heteroatoms. The number of amides is 2. The largest absolute Gasteiger partial charge is 0.354 e. The van der Waals surface area contributed by atoms with Crippen LogP contribution in [0.5, 0.6) is 0 Å². The molecule has 2 rings (SSSR count). The van der Waals surface area contributed by atoms with E-state index < -0.39 is 0 Å². The summed E-state index contributed by atoms with van der Waals surface area (Å²) >= 11 is 4.78. The van der Waals surface area contributed by atoms with Gasteiger partial charge in [-0.15, -0.1) is 11.3 Å². The predicted molar refractivity (Wildman–Crippen MR) is 70.1 cm³/mol. The van der Waals surface area contributed by atoms with Gasteiger partial charge in [0.15, 0.2) is 0 Å². The third kappa shape index (κ3) is 3.81. The summed E-state index contributed by atoms with van der Waals surface area (Å²) in [6.07, 6.45) is 2.00. The van der Waals surface area contributed by atoms with Gasteiger partial charge in [-0.25, -0.2) is 0 Å². The van der Waals surface area contributed by atoms with Crippen LogP contribution in [-0.2, 0) is 4.79 Å². The molecule has 0 spiro atoms. The first-order chi connectivity index (χ1) is 8.16. The monoisotopic (exact) mass is 316 g/mol. The maximum atomic E-state index is 11.6. The minimum atomic E-state index is -0.104. The second-order valence-electron chi connectivity index (χ2n) is 3.96. The van der Waals surface area contributed by atoms with E-state index in [0.29, 0.717) is 18.7 Å². The van der Waals surface area contributed by atoms with E-state index in [1.807, 2.05) is 0 Å². The van der Waals surface area contributed by atoms with Gasteiger partial charge in [0.05, 0.1) is 9.35 Å². The van der Waals surface area contributed by atoms with Crippen molar-refractivity contribution in [3.8, 4) is 0 Å². The van der Waals surface area contributed by atoms with Crippen LogP contribution in [0.1, 0.15) is 23.2 Å². The topological polar surface area (TPSA) is 58.2 Å². The zero-order chi connectivity index (χ0) is 12.3. The summed E-state index contributed by atoms with van der Waals surface area (Å²) in [5, 5.41) is 7.35. The van der Waals surface area contributed by atoms with Crippen LogP contribution in [0.3, 0.4) is 0 Å². The van der Waals surface area contributed by atoms with Crippen LogP contribution in [0.4, 0.5) is 0 Å². The lowest BCUT2D eigenvalue weighted by Crippen LogP contribution is -2.35. The second kappa shape index (κ2) is 5.64. The molecule has 1 saturated carbocycles. The van der Waals surface area contributed by atoms with E-state index in [2.05, 4.69) is 26.6 Å². The number of carbonyl (C=O) groups excluding carboxylic acids is 2. The standard InChI is InChI=1S/C11H13BrN2O2S/c12-9-5-8(6-17-9)11(16)14-4-3-13-10(15)7-1-2-7/h5-7H,1-4H2,(H,13,15)(H,14,16). The molecular formula is C11H13BrN2O2S. The summed E-state index contributed by atoms with van der Waals surface area (Å²) in [6.45, 7) is 0.955. The lowest BCUT2D eigenvalue weighted by Gasteiger charge is -2.05. The molecule has 0 unspecified atom stereocenters. The Bertz CT molecular complexity index is 429. The molecule has 17 heavy (non-hydrogen) atoms. The molecule has 0 aromatic carbocycles. The van der Waals surface area contributed by atoms with Crippen LogP contribution in [0, 0.1) is 5.92 Å². The summed E-state index contributed by atoms with van der Waals surface area (Å²) in [6, 6.07) is 1.78. The Balaban J connectivity index is 1.64. The highest BCUT2D eigenvalue weighted by atomic mass is 79.9. The predicted octanol–water partition coefficient (Wildman–Crippen LogP) is 1.77. The van der Waals surface area contributed by atoms with E-state index in [9.17, 15) is 9.59 Å². The normalized spacial score (nSPS) is 14.4. The van der Waals surface area contributed by atoms with Gasteiger partial charge in [0, 0.05) is 24.4 Å². The van der Waals surface area contributed by atoms with E-state index in [1.165, 1.54) is 11.3 Å². The van der Waals surface area contributed by atoms with Gasteiger partial charge in [-0.3, -0.25) is 9.59 Å². The molecule has 0 atom stereocenters. The molecule has 2 N–H and O–H groups in total. The Morgan fingerprint density at radius 3 is 2.65 bits per heavy atom. The van der Waals surface area contributed by atoms with Crippen molar-refractivity contribution >= 4 is 39.1 Å². The van der Waals surface area contributed by atoms with E-state index in [-0.39, 0.29) is 17.7 Å². The first-order valence-corrected chi connectivity index (χ1v) is 7.14. The lowest BCUT2D eigenvalue weighted by molar-refractivity contribution is -0.122. The average molecular weight is 317 g/mol. The second-order valence-corrected chi connectivity index (χ2v) is 6.25. The number of thiophene rings is 1. The van der Waals surface area contributed by atoms with Gasteiger partial charge in [-0.1, -0.05) is 0 Å². The minimum Gasteiger partial charge on any atom is -0.354 e. The van der Waals surface area contributed by atoms with Crippen molar-refractivity contribution in [2.24, 2.45) is 5.92 Å². The van der Waals surface area contributed by atoms with E-state index in [4.69, 9.17) is 0 Å². The highest BCUT2D eigenvalue weighted by molar-refractivity contribution is 9.11. The van der Waals surface area contributed by atoms with Crippen LogP contribution in [0.2, 0.25) is 0 Å². The van der Waals surface area contributed by atoms with Crippen LogP contribution in [0.25, 0.3) is 0 Å². The number of carbonyl (C=O) groups is 2. The van der Waals surface area contributed by atoms with Crippen molar-refractivity contribution in [2.45, 2.75) is 12.8 Å². The SMILES string of the molecule is O=C(NCCNC(=O)C1CC1)c1csc(Br)c1. The van der Waals surface area contributed by atoms with Gasteiger partial charge in [-0.05, 0) is 34.8 Å². The first-order valence-electron chi connectivity index (χ1n) is 5.47. The maximum Gasteiger partial charge on any atom is 0.252 e. The van der Waals surface area contributed by atoms with Gasteiger partial charge in [0.1, 0.15) is 0 Å². The Morgan fingerprint density at radius 2 is 2.06 bits per heavy atom. The molecule has 1 fully saturated rings. The van der Waals surface area contributed by atoms with Gasteiger partial charge >= 0.3 is 0 Å². The number of halogens is 1. The summed E-state index contributed by atoms with van der Waals surface area (Å²) in [7, 11) is 0. The molecule has 4 nitrogen and oxygen atoms in total. The smallest absolute Gasteiger partial charge is 0.252 e. The van der Waals surface area contributed by atoms with Crippen LogP contribution in [0.15, 0.2) is 15.2 Å². The van der Waals surface area contributed by atoms with Crippen molar-refractivity contribution in [1.82, 2.24) is 10.6 Å². The molecule has 0 aliphatic heterocycles. The molecule has 1 aromatic rings. The molecule has 0 radical (unpaired) electrons. The molecule has 1 aliphatic rings. The Labute approximate surface area is 112 Å². The Hall–Kier alpha value is -0.880. The molecule has 92 valence electrons. The van der Waals surface area contributed by atoms with Crippen molar-refractivity contribution in [2.75, 3.05) is 13.1 Å².